The minimum absolute atomic E-state index is 0.155. The lowest BCUT2D eigenvalue weighted by atomic mass is 10.0. The Morgan fingerprint density at radius 3 is 1.61 bits per heavy atom. The molecule has 0 saturated heterocycles. The highest BCUT2D eigenvalue weighted by Gasteiger charge is 2.30. The number of hydrogen-bond donors (Lipinski definition) is 6. The van der Waals surface area contributed by atoms with Crippen LogP contribution in [0, 0.1) is 5.92 Å². The number of nitrogens with two attached hydrogens (primary N) is 1. The van der Waals surface area contributed by atoms with Gasteiger partial charge in [0.15, 0.2) is 0 Å². The van der Waals surface area contributed by atoms with E-state index in [4.69, 9.17) is 10.8 Å². The van der Waals surface area contributed by atoms with Crippen LogP contribution in [-0.4, -0.2) is 88.1 Å². The Morgan fingerprint density at radius 1 is 0.758 bits per heavy atom. The SMILES string of the molecule is CSCCC(NC(=O)C(CCC(=O)O)NC(=O)C(CCSC)NC(=O)C(N)C(C)C)C(=O)O. The number of thioether (sulfide) groups is 2. The van der Waals surface area contributed by atoms with Crippen LogP contribution in [0.3, 0.4) is 0 Å². The number of nitrogens with one attached hydrogen (secondary N) is 3. The molecule has 0 aliphatic carbocycles. The van der Waals surface area contributed by atoms with Crippen LogP contribution < -0.4 is 21.7 Å². The van der Waals surface area contributed by atoms with Gasteiger partial charge in [-0.15, -0.1) is 0 Å². The van der Waals surface area contributed by atoms with E-state index in [1.54, 1.807) is 20.1 Å². The summed E-state index contributed by atoms with van der Waals surface area (Å²) in [7, 11) is 0. The van der Waals surface area contributed by atoms with Crippen molar-refractivity contribution in [2.24, 2.45) is 11.7 Å². The molecular formula is C20H36N4O7S2. The molecule has 0 aromatic carbocycles. The van der Waals surface area contributed by atoms with Gasteiger partial charge in [0, 0.05) is 6.42 Å². The normalized spacial score (nSPS) is 14.6. The molecule has 33 heavy (non-hydrogen) atoms. The molecule has 0 aliphatic rings. The predicted octanol–water partition coefficient (Wildman–Crippen LogP) is -0.120. The molecular weight excluding hydrogens is 472 g/mol. The van der Waals surface area contributed by atoms with E-state index in [1.807, 2.05) is 6.26 Å². The van der Waals surface area contributed by atoms with E-state index in [0.29, 0.717) is 11.5 Å². The molecule has 0 fully saturated rings. The standard InChI is InChI=1S/C20H36N4O7S2/c1-11(2)16(21)19(29)23-13(7-9-32-3)18(28)22-12(5-6-15(25)26)17(27)24-14(20(30)31)8-10-33-4/h11-14,16H,5-10,21H2,1-4H3,(H,22,28)(H,23,29)(H,24,27)(H,25,26)(H,30,31). The Bertz CT molecular complexity index is 679. The third-order valence-corrected chi connectivity index (χ3v) is 6.06. The number of carboxylic acid groups (broad SMARTS) is 2. The topological polar surface area (TPSA) is 188 Å². The maximum atomic E-state index is 12.9. The van der Waals surface area contributed by atoms with Crippen molar-refractivity contribution in [2.75, 3.05) is 24.0 Å². The van der Waals surface area contributed by atoms with Gasteiger partial charge < -0.3 is 31.9 Å². The van der Waals surface area contributed by atoms with Crippen molar-refractivity contribution in [1.82, 2.24) is 16.0 Å². The van der Waals surface area contributed by atoms with Crippen LogP contribution in [0.1, 0.15) is 39.5 Å². The van der Waals surface area contributed by atoms with Gasteiger partial charge in [-0.1, -0.05) is 13.8 Å². The molecule has 0 bridgehead atoms. The van der Waals surface area contributed by atoms with Crippen molar-refractivity contribution in [2.45, 2.75) is 63.7 Å². The van der Waals surface area contributed by atoms with Gasteiger partial charge in [0.1, 0.15) is 18.1 Å². The van der Waals surface area contributed by atoms with Crippen molar-refractivity contribution >= 4 is 53.2 Å². The molecule has 13 heteroatoms. The molecule has 0 radical (unpaired) electrons. The molecule has 4 atom stereocenters. The number of carboxylic acids is 2. The zero-order chi connectivity index (χ0) is 25.6. The second-order valence-electron chi connectivity index (χ2n) is 7.79. The fourth-order valence-corrected chi connectivity index (χ4v) is 3.59. The third kappa shape index (κ3) is 12.7. The van der Waals surface area contributed by atoms with Crippen molar-refractivity contribution in [1.29, 1.82) is 0 Å². The van der Waals surface area contributed by atoms with E-state index in [-0.39, 0.29) is 25.2 Å². The summed E-state index contributed by atoms with van der Waals surface area (Å²) < 4.78 is 0. The number of rotatable bonds is 17. The van der Waals surface area contributed by atoms with Gasteiger partial charge in [-0.3, -0.25) is 19.2 Å². The highest BCUT2D eigenvalue weighted by molar-refractivity contribution is 7.98. The number of carbonyl (C=O) groups excluding carboxylic acids is 3. The Hall–Kier alpha value is -1.99. The minimum atomic E-state index is -1.28. The van der Waals surface area contributed by atoms with E-state index in [0.717, 1.165) is 0 Å². The third-order valence-electron chi connectivity index (χ3n) is 4.77. The Kier molecular flexibility index (Phi) is 15.6. The first-order valence-electron chi connectivity index (χ1n) is 10.5. The molecule has 7 N–H and O–H groups in total. The van der Waals surface area contributed by atoms with Crippen molar-refractivity contribution in [3.63, 3.8) is 0 Å². The molecule has 190 valence electrons. The molecule has 11 nitrogen and oxygen atoms in total. The lowest BCUT2D eigenvalue weighted by molar-refractivity contribution is -0.143. The highest BCUT2D eigenvalue weighted by atomic mass is 32.2. The fourth-order valence-electron chi connectivity index (χ4n) is 2.65. The van der Waals surface area contributed by atoms with Crippen LogP contribution in [0.2, 0.25) is 0 Å². The summed E-state index contributed by atoms with van der Waals surface area (Å²) in [6.07, 6.45) is 3.41. The van der Waals surface area contributed by atoms with E-state index in [1.165, 1.54) is 23.5 Å². The summed E-state index contributed by atoms with van der Waals surface area (Å²) in [6, 6.07) is -4.27. The molecule has 0 aliphatic heterocycles. The number of amides is 3. The van der Waals surface area contributed by atoms with Crippen LogP contribution in [0.4, 0.5) is 0 Å². The van der Waals surface area contributed by atoms with Crippen LogP contribution in [0.5, 0.6) is 0 Å². The van der Waals surface area contributed by atoms with Gasteiger partial charge in [-0.2, -0.15) is 23.5 Å². The zero-order valence-electron chi connectivity index (χ0n) is 19.5. The summed E-state index contributed by atoms with van der Waals surface area (Å²) in [6.45, 7) is 3.53. The number of hydrogen-bond acceptors (Lipinski definition) is 8. The number of aliphatic carboxylic acids is 2. The van der Waals surface area contributed by atoms with Crippen LogP contribution in [0.15, 0.2) is 0 Å². The Morgan fingerprint density at radius 2 is 1.18 bits per heavy atom. The lowest BCUT2D eigenvalue weighted by Crippen LogP contribution is -2.57. The van der Waals surface area contributed by atoms with Crippen LogP contribution >= 0.6 is 23.5 Å². The van der Waals surface area contributed by atoms with Gasteiger partial charge in [0.25, 0.3) is 0 Å². The molecule has 0 aromatic heterocycles. The fraction of sp³-hybridized carbons (Fsp3) is 0.750. The van der Waals surface area contributed by atoms with Crippen molar-refractivity contribution < 1.29 is 34.2 Å². The average Bonchev–Trinajstić information content (AvgIpc) is 2.75. The Balaban J connectivity index is 5.49. The molecule has 4 unspecified atom stereocenters. The monoisotopic (exact) mass is 508 g/mol. The second-order valence-corrected chi connectivity index (χ2v) is 9.76. The largest absolute Gasteiger partial charge is 0.481 e. The first-order chi connectivity index (χ1) is 15.4. The maximum Gasteiger partial charge on any atom is 0.326 e. The van der Waals surface area contributed by atoms with E-state index in [9.17, 15) is 29.1 Å². The second kappa shape index (κ2) is 16.6. The van der Waals surface area contributed by atoms with E-state index < -0.39 is 60.2 Å². The van der Waals surface area contributed by atoms with E-state index in [2.05, 4.69) is 16.0 Å². The van der Waals surface area contributed by atoms with Gasteiger partial charge >= 0.3 is 11.9 Å². The molecule has 0 heterocycles. The van der Waals surface area contributed by atoms with Crippen LogP contribution in [-0.2, 0) is 24.0 Å². The van der Waals surface area contributed by atoms with Gasteiger partial charge in [-0.05, 0) is 49.2 Å². The van der Waals surface area contributed by atoms with Crippen LogP contribution in [0.25, 0.3) is 0 Å². The Labute approximate surface area is 202 Å². The summed E-state index contributed by atoms with van der Waals surface area (Å²) in [5.74, 6) is -3.51. The average molecular weight is 509 g/mol. The summed E-state index contributed by atoms with van der Waals surface area (Å²) in [5.41, 5.74) is 5.86. The maximum absolute atomic E-state index is 12.9. The zero-order valence-corrected chi connectivity index (χ0v) is 21.1. The first kappa shape index (κ1) is 31.0. The number of carbonyl (C=O) groups is 5. The molecule has 0 rings (SSSR count). The quantitative estimate of drug-likeness (QED) is 0.154. The van der Waals surface area contributed by atoms with Gasteiger partial charge in [0.05, 0.1) is 6.04 Å². The highest BCUT2D eigenvalue weighted by Crippen LogP contribution is 2.07. The molecule has 0 saturated carbocycles. The molecule has 0 aromatic rings. The van der Waals surface area contributed by atoms with Crippen molar-refractivity contribution in [3.8, 4) is 0 Å². The predicted molar refractivity (Wildman–Crippen MR) is 129 cm³/mol. The summed E-state index contributed by atoms with van der Waals surface area (Å²) in [5, 5.41) is 25.8. The smallest absolute Gasteiger partial charge is 0.326 e. The molecule has 3 amide bonds. The molecule has 0 spiro atoms. The minimum Gasteiger partial charge on any atom is -0.481 e. The first-order valence-corrected chi connectivity index (χ1v) is 13.3. The summed E-state index contributed by atoms with van der Waals surface area (Å²) >= 11 is 2.88. The van der Waals surface area contributed by atoms with Gasteiger partial charge in [0.2, 0.25) is 17.7 Å². The van der Waals surface area contributed by atoms with Crippen molar-refractivity contribution in [3.05, 3.63) is 0 Å². The summed E-state index contributed by atoms with van der Waals surface area (Å²) in [4.78, 5) is 60.5. The van der Waals surface area contributed by atoms with Gasteiger partial charge in [-0.25, -0.2) is 4.79 Å². The van der Waals surface area contributed by atoms with E-state index >= 15 is 0 Å². The lowest BCUT2D eigenvalue weighted by Gasteiger charge is -2.25.